The van der Waals surface area contributed by atoms with Crippen molar-refractivity contribution in [3.8, 4) is 0 Å². The Morgan fingerprint density at radius 1 is 1.61 bits per heavy atom. The minimum Gasteiger partial charge on any atom is -0.480 e. The van der Waals surface area contributed by atoms with Gasteiger partial charge in [-0.3, -0.25) is 4.79 Å². The topological polar surface area (TPSA) is 104 Å². The van der Waals surface area contributed by atoms with Crippen molar-refractivity contribution in [3.05, 3.63) is 30.1 Å². The lowest BCUT2D eigenvalue weighted by Gasteiger charge is -2.18. The van der Waals surface area contributed by atoms with Crippen LogP contribution in [0.5, 0.6) is 0 Å². The van der Waals surface area contributed by atoms with Gasteiger partial charge in [-0.25, -0.2) is 4.98 Å². The molecule has 2 aromatic rings. The first kappa shape index (κ1) is 12.5. The van der Waals surface area contributed by atoms with E-state index in [-0.39, 0.29) is 6.04 Å². The molecular weight excluding hydrogens is 232 g/mol. The summed E-state index contributed by atoms with van der Waals surface area (Å²) in [6.07, 6.45) is 1.97. The van der Waals surface area contributed by atoms with Crippen LogP contribution in [0.25, 0.3) is 11.0 Å². The minimum absolute atomic E-state index is 0.0937. The smallest absolute Gasteiger partial charge is 0.320 e. The number of carboxylic acid groups (broad SMARTS) is 1. The van der Waals surface area contributed by atoms with E-state index in [1.54, 1.807) is 13.4 Å². The molecule has 6 nitrogen and oxygen atoms in total. The first-order valence-corrected chi connectivity index (χ1v) is 5.70. The van der Waals surface area contributed by atoms with Crippen molar-refractivity contribution in [1.82, 2.24) is 15.3 Å². The van der Waals surface area contributed by atoms with Gasteiger partial charge in [0.1, 0.15) is 6.04 Å². The van der Waals surface area contributed by atoms with Gasteiger partial charge in [0, 0.05) is 6.04 Å². The van der Waals surface area contributed by atoms with Crippen LogP contribution in [0, 0.1) is 0 Å². The number of aliphatic carboxylic acids is 1. The highest BCUT2D eigenvalue weighted by atomic mass is 16.4. The van der Waals surface area contributed by atoms with Crippen LogP contribution in [0.15, 0.2) is 24.5 Å². The van der Waals surface area contributed by atoms with E-state index in [4.69, 9.17) is 10.8 Å². The number of H-pyrrole nitrogens is 1. The Balaban J connectivity index is 2.23. The highest BCUT2D eigenvalue weighted by Crippen LogP contribution is 2.21. The van der Waals surface area contributed by atoms with Crippen molar-refractivity contribution in [2.45, 2.75) is 18.5 Å². The van der Waals surface area contributed by atoms with Crippen molar-refractivity contribution in [3.63, 3.8) is 0 Å². The van der Waals surface area contributed by atoms with Crippen molar-refractivity contribution in [2.24, 2.45) is 5.73 Å². The van der Waals surface area contributed by atoms with Gasteiger partial charge in [-0.15, -0.1) is 0 Å². The lowest BCUT2D eigenvalue weighted by atomic mass is 9.99. The quantitative estimate of drug-likeness (QED) is 0.621. The summed E-state index contributed by atoms with van der Waals surface area (Å²) >= 11 is 0. The number of nitrogens with one attached hydrogen (secondary N) is 2. The zero-order valence-corrected chi connectivity index (χ0v) is 10.1. The Bertz CT molecular complexity index is 552. The molecule has 1 aromatic heterocycles. The summed E-state index contributed by atoms with van der Waals surface area (Å²) in [5.41, 5.74) is 8.37. The van der Waals surface area contributed by atoms with Crippen LogP contribution in [-0.4, -0.2) is 34.1 Å². The number of nitrogens with zero attached hydrogens (tertiary/aromatic N) is 1. The van der Waals surface area contributed by atoms with Gasteiger partial charge in [0.05, 0.1) is 17.4 Å². The normalized spacial score (nSPS) is 14.6. The van der Waals surface area contributed by atoms with Gasteiger partial charge in [-0.05, 0) is 31.2 Å². The average molecular weight is 248 g/mol. The van der Waals surface area contributed by atoms with Crippen LogP contribution >= 0.6 is 0 Å². The second-order valence-electron chi connectivity index (χ2n) is 4.20. The maximum Gasteiger partial charge on any atom is 0.320 e. The predicted octanol–water partition coefficient (Wildman–Crippen LogP) is 0.625. The highest BCUT2D eigenvalue weighted by Gasteiger charge is 2.19. The fraction of sp³-hybridized carbons (Fsp3) is 0.333. The lowest BCUT2D eigenvalue weighted by molar-refractivity contribution is -0.138. The number of carboxylic acids is 1. The standard InChI is InChI=1S/C12H16N4O2/c1-14-10(5-8(13)12(17)18)7-2-3-9-11(4-7)16-6-15-9/h2-4,6,8,10,14H,5,13H2,1H3,(H,15,16)(H,17,18). The van der Waals surface area contributed by atoms with E-state index in [1.165, 1.54) is 0 Å². The average Bonchev–Trinajstić information content (AvgIpc) is 2.82. The van der Waals surface area contributed by atoms with Crippen molar-refractivity contribution < 1.29 is 9.90 Å². The molecule has 0 amide bonds. The molecule has 0 bridgehead atoms. The maximum absolute atomic E-state index is 10.8. The minimum atomic E-state index is -0.988. The van der Waals surface area contributed by atoms with E-state index in [9.17, 15) is 4.79 Å². The second kappa shape index (κ2) is 5.16. The zero-order valence-electron chi connectivity index (χ0n) is 10.1. The largest absolute Gasteiger partial charge is 0.480 e. The Morgan fingerprint density at radius 2 is 2.39 bits per heavy atom. The number of fused-ring (bicyclic) bond motifs is 1. The third-order valence-electron chi connectivity index (χ3n) is 3.00. The Kier molecular flexibility index (Phi) is 3.59. The van der Waals surface area contributed by atoms with Crippen molar-refractivity contribution >= 4 is 17.0 Å². The van der Waals surface area contributed by atoms with E-state index in [0.29, 0.717) is 6.42 Å². The van der Waals surface area contributed by atoms with E-state index >= 15 is 0 Å². The Morgan fingerprint density at radius 3 is 3.06 bits per heavy atom. The number of rotatable bonds is 5. The summed E-state index contributed by atoms with van der Waals surface area (Å²) in [4.78, 5) is 18.0. The summed E-state index contributed by atoms with van der Waals surface area (Å²) in [6, 6.07) is 4.82. The van der Waals surface area contributed by atoms with Gasteiger partial charge in [-0.1, -0.05) is 6.07 Å². The van der Waals surface area contributed by atoms with E-state index < -0.39 is 12.0 Å². The fourth-order valence-electron chi connectivity index (χ4n) is 1.95. The van der Waals surface area contributed by atoms with Crippen molar-refractivity contribution in [2.75, 3.05) is 7.05 Å². The predicted molar refractivity (Wildman–Crippen MR) is 68.1 cm³/mol. The lowest BCUT2D eigenvalue weighted by Crippen LogP contribution is -2.34. The molecule has 0 fully saturated rings. The molecule has 0 aliphatic heterocycles. The molecule has 2 atom stereocenters. The summed E-state index contributed by atoms with van der Waals surface area (Å²) in [7, 11) is 1.79. The van der Waals surface area contributed by atoms with Gasteiger partial charge >= 0.3 is 5.97 Å². The third-order valence-corrected chi connectivity index (χ3v) is 3.00. The molecule has 0 radical (unpaired) electrons. The van der Waals surface area contributed by atoms with Crippen LogP contribution in [-0.2, 0) is 4.79 Å². The molecule has 0 spiro atoms. The molecule has 0 saturated carbocycles. The molecule has 6 heteroatoms. The summed E-state index contributed by atoms with van der Waals surface area (Å²) in [6.45, 7) is 0. The highest BCUT2D eigenvalue weighted by molar-refractivity contribution is 5.75. The number of hydrogen-bond acceptors (Lipinski definition) is 4. The van der Waals surface area contributed by atoms with Crippen molar-refractivity contribution in [1.29, 1.82) is 0 Å². The molecule has 2 rings (SSSR count). The van der Waals surface area contributed by atoms with Gasteiger partial charge < -0.3 is 21.1 Å². The van der Waals surface area contributed by atoms with Crippen LogP contribution in [0.4, 0.5) is 0 Å². The van der Waals surface area contributed by atoms with E-state index in [1.807, 2.05) is 18.2 Å². The zero-order chi connectivity index (χ0) is 13.1. The van der Waals surface area contributed by atoms with Gasteiger partial charge in [0.2, 0.25) is 0 Å². The SMILES string of the molecule is CNC(CC(N)C(=O)O)c1ccc2nc[nH]c2c1. The molecule has 2 unspecified atom stereocenters. The summed E-state index contributed by atoms with van der Waals surface area (Å²) in [5.74, 6) is -0.988. The second-order valence-corrected chi connectivity index (χ2v) is 4.20. The Labute approximate surface area is 104 Å². The molecule has 0 aliphatic rings. The van der Waals surface area contributed by atoms with Crippen LogP contribution in [0.1, 0.15) is 18.0 Å². The number of nitrogens with two attached hydrogens (primary N) is 1. The van der Waals surface area contributed by atoms with Gasteiger partial charge in [0.15, 0.2) is 0 Å². The van der Waals surface area contributed by atoms with Crippen LogP contribution in [0.3, 0.4) is 0 Å². The first-order chi connectivity index (χ1) is 8.61. The molecule has 1 heterocycles. The number of carbonyl (C=O) groups is 1. The molecular formula is C12H16N4O2. The molecule has 96 valence electrons. The number of imidazole rings is 1. The number of hydrogen-bond donors (Lipinski definition) is 4. The fourth-order valence-corrected chi connectivity index (χ4v) is 1.95. The molecule has 1 aromatic carbocycles. The van der Waals surface area contributed by atoms with Gasteiger partial charge in [0.25, 0.3) is 0 Å². The van der Waals surface area contributed by atoms with Crippen LogP contribution < -0.4 is 11.1 Å². The molecule has 0 saturated heterocycles. The maximum atomic E-state index is 10.8. The molecule has 5 N–H and O–H groups in total. The monoisotopic (exact) mass is 248 g/mol. The van der Waals surface area contributed by atoms with E-state index in [2.05, 4.69) is 15.3 Å². The number of aromatic nitrogens is 2. The van der Waals surface area contributed by atoms with Crippen LogP contribution in [0.2, 0.25) is 0 Å². The van der Waals surface area contributed by atoms with E-state index in [0.717, 1.165) is 16.6 Å². The molecule has 18 heavy (non-hydrogen) atoms. The first-order valence-electron chi connectivity index (χ1n) is 5.70. The third kappa shape index (κ3) is 2.49. The summed E-state index contributed by atoms with van der Waals surface area (Å²) in [5, 5.41) is 11.9. The summed E-state index contributed by atoms with van der Waals surface area (Å²) < 4.78 is 0. The van der Waals surface area contributed by atoms with Gasteiger partial charge in [-0.2, -0.15) is 0 Å². The number of benzene rings is 1. The number of aromatic amines is 1. The Hall–Kier alpha value is -1.92. The molecule has 0 aliphatic carbocycles.